The quantitative estimate of drug-likeness (QED) is 0.438. The fourth-order valence-corrected chi connectivity index (χ4v) is 5.79. The third-order valence-corrected chi connectivity index (χ3v) is 7.28. The molecule has 0 saturated heterocycles. The first-order valence-corrected chi connectivity index (χ1v) is 12.4. The molecule has 1 unspecified atom stereocenters. The Labute approximate surface area is 194 Å². The van der Waals surface area contributed by atoms with Crippen molar-refractivity contribution in [3.05, 3.63) is 114 Å². The molecule has 2 heterocycles. The molecule has 7 heteroatoms. The molecule has 0 amide bonds. The van der Waals surface area contributed by atoms with Crippen molar-refractivity contribution >= 4 is 9.92 Å². The number of hydrogen-bond donors (Lipinski definition) is 1. The van der Waals surface area contributed by atoms with E-state index in [4.69, 9.17) is 14.2 Å². The van der Waals surface area contributed by atoms with Gasteiger partial charge in [-0.3, -0.25) is 0 Å². The predicted molar refractivity (Wildman–Crippen MR) is 129 cm³/mol. The molecule has 3 aromatic carbocycles. The average molecular weight is 459 g/mol. The van der Waals surface area contributed by atoms with Crippen LogP contribution in [0.4, 0.5) is 0 Å². The molecule has 2 N–H and O–H groups in total. The van der Waals surface area contributed by atoms with E-state index >= 15 is 0 Å². The van der Waals surface area contributed by atoms with E-state index in [2.05, 4.69) is 5.10 Å². The molecule has 168 valence electrons. The predicted octanol–water partition coefficient (Wildman–Crippen LogP) is 4.75. The molecule has 33 heavy (non-hydrogen) atoms. The van der Waals surface area contributed by atoms with E-state index in [1.807, 2.05) is 105 Å². The van der Waals surface area contributed by atoms with Gasteiger partial charge in [-0.2, -0.15) is 9.46 Å². The van der Waals surface area contributed by atoms with Crippen molar-refractivity contribution in [2.45, 2.75) is 36.4 Å². The number of nitrogens with zero attached hydrogens (tertiary/aromatic N) is 3. The van der Waals surface area contributed by atoms with Crippen molar-refractivity contribution in [2.24, 2.45) is 9.50 Å². The zero-order valence-corrected chi connectivity index (χ0v) is 19.4. The first kappa shape index (κ1) is 21.4. The van der Waals surface area contributed by atoms with Gasteiger partial charge in [-0.15, -0.1) is 0 Å². The molecule has 1 aromatic heterocycles. The van der Waals surface area contributed by atoms with Crippen LogP contribution in [0.15, 0.2) is 106 Å². The maximum Gasteiger partial charge on any atom is 0.231 e. The summed E-state index contributed by atoms with van der Waals surface area (Å²) in [6, 6.07) is 29.5. The van der Waals surface area contributed by atoms with Crippen LogP contribution in [0.5, 0.6) is 5.88 Å². The highest BCUT2D eigenvalue weighted by Crippen LogP contribution is 2.43. The molecule has 0 bridgehead atoms. The van der Waals surface area contributed by atoms with Crippen LogP contribution < -0.4 is 9.88 Å². The molecule has 1 aliphatic rings. The second-order valence-corrected chi connectivity index (χ2v) is 10.6. The van der Waals surface area contributed by atoms with E-state index in [9.17, 15) is 4.21 Å². The zero-order chi connectivity index (χ0) is 23.1. The number of ether oxygens (including phenoxy) is 1. The lowest BCUT2D eigenvalue weighted by Gasteiger charge is -2.32. The SMILES string of the molecule is CC1(C)Cn2ncc(S(N)(=O)=NC(c3ccccc3)(c3ccccc3)c3ccccc3)c2O1. The molecule has 0 saturated carbocycles. The van der Waals surface area contributed by atoms with E-state index in [0.29, 0.717) is 17.3 Å². The van der Waals surface area contributed by atoms with Crippen LogP contribution in [0.25, 0.3) is 0 Å². The van der Waals surface area contributed by atoms with E-state index in [1.54, 1.807) is 4.68 Å². The van der Waals surface area contributed by atoms with E-state index < -0.39 is 21.1 Å². The summed E-state index contributed by atoms with van der Waals surface area (Å²) in [5, 5.41) is 10.9. The van der Waals surface area contributed by atoms with Crippen LogP contribution in [-0.2, 0) is 22.0 Å². The Morgan fingerprint density at radius 3 is 1.82 bits per heavy atom. The van der Waals surface area contributed by atoms with Crippen molar-refractivity contribution in [1.82, 2.24) is 9.78 Å². The normalized spacial score (nSPS) is 16.5. The second-order valence-electron chi connectivity index (χ2n) is 8.80. The Morgan fingerprint density at radius 1 is 0.909 bits per heavy atom. The fourth-order valence-electron chi connectivity index (χ4n) is 4.38. The highest BCUT2D eigenvalue weighted by Gasteiger charge is 2.40. The number of aromatic nitrogens is 2. The summed E-state index contributed by atoms with van der Waals surface area (Å²) >= 11 is 0. The molecule has 0 spiro atoms. The van der Waals surface area contributed by atoms with Crippen LogP contribution >= 0.6 is 0 Å². The molecule has 6 nitrogen and oxygen atoms in total. The van der Waals surface area contributed by atoms with Crippen molar-refractivity contribution in [3.63, 3.8) is 0 Å². The van der Waals surface area contributed by atoms with Crippen molar-refractivity contribution in [2.75, 3.05) is 0 Å². The van der Waals surface area contributed by atoms with Gasteiger partial charge in [0.2, 0.25) is 5.88 Å². The molecule has 0 aliphatic carbocycles. The minimum Gasteiger partial charge on any atom is -0.469 e. The molecule has 0 fully saturated rings. The number of fused-ring (bicyclic) bond motifs is 1. The van der Waals surface area contributed by atoms with Crippen molar-refractivity contribution < 1.29 is 8.95 Å². The Morgan fingerprint density at radius 2 is 1.36 bits per heavy atom. The van der Waals surface area contributed by atoms with Crippen LogP contribution in [0.1, 0.15) is 30.5 Å². The second kappa shape index (κ2) is 7.86. The molecule has 0 radical (unpaired) electrons. The Balaban J connectivity index is 1.83. The van der Waals surface area contributed by atoms with E-state index in [-0.39, 0.29) is 0 Å². The third-order valence-electron chi connectivity index (χ3n) is 5.83. The minimum atomic E-state index is -3.43. The summed E-state index contributed by atoms with van der Waals surface area (Å²) in [6.45, 7) is 4.48. The third kappa shape index (κ3) is 3.73. The first-order valence-electron chi connectivity index (χ1n) is 10.8. The van der Waals surface area contributed by atoms with Gasteiger partial charge in [0.1, 0.15) is 26.0 Å². The van der Waals surface area contributed by atoms with Gasteiger partial charge in [0.15, 0.2) is 0 Å². The van der Waals surface area contributed by atoms with Gasteiger partial charge in [0.05, 0.1) is 12.7 Å². The van der Waals surface area contributed by atoms with Gasteiger partial charge in [-0.25, -0.2) is 14.0 Å². The van der Waals surface area contributed by atoms with Crippen molar-refractivity contribution in [3.8, 4) is 5.88 Å². The van der Waals surface area contributed by atoms with Crippen LogP contribution in [0, 0.1) is 0 Å². The van der Waals surface area contributed by atoms with Crippen LogP contribution in [0.2, 0.25) is 0 Å². The summed E-state index contributed by atoms with van der Waals surface area (Å²) in [5.74, 6) is 0.416. The molecule has 1 aliphatic heterocycles. The standard InChI is InChI=1S/C26H26N4O2S/c1-25(2)19-30-24(32-25)23(18-28-30)33(27,31)29-26(20-12-6-3-7-13-20,21-14-8-4-9-15-21)22-16-10-5-11-17-22/h3-18H,19H2,1-2H3,(H2,27,29,31). The van der Waals surface area contributed by atoms with Gasteiger partial charge in [0.25, 0.3) is 0 Å². The maximum atomic E-state index is 14.2. The number of nitrogens with two attached hydrogens (primary N) is 1. The molecule has 1 atom stereocenters. The largest absolute Gasteiger partial charge is 0.469 e. The Bertz CT molecular complexity index is 1290. The smallest absolute Gasteiger partial charge is 0.231 e. The van der Waals surface area contributed by atoms with E-state index in [1.165, 1.54) is 6.20 Å². The van der Waals surface area contributed by atoms with Crippen molar-refractivity contribution in [1.29, 1.82) is 0 Å². The molecular weight excluding hydrogens is 432 g/mol. The first-order chi connectivity index (χ1) is 15.8. The Hall–Kier alpha value is -3.42. The zero-order valence-electron chi connectivity index (χ0n) is 18.6. The summed E-state index contributed by atoms with van der Waals surface area (Å²) in [7, 11) is -3.43. The van der Waals surface area contributed by atoms with Gasteiger partial charge in [-0.1, -0.05) is 91.0 Å². The van der Waals surface area contributed by atoms with Crippen LogP contribution in [0.3, 0.4) is 0 Å². The fraction of sp³-hybridized carbons (Fsp3) is 0.192. The maximum absolute atomic E-state index is 14.2. The highest BCUT2D eigenvalue weighted by molar-refractivity contribution is 7.91. The summed E-state index contributed by atoms with van der Waals surface area (Å²) in [6.07, 6.45) is 1.52. The monoisotopic (exact) mass is 458 g/mol. The summed E-state index contributed by atoms with van der Waals surface area (Å²) < 4.78 is 27.0. The van der Waals surface area contributed by atoms with Crippen LogP contribution in [-0.4, -0.2) is 19.6 Å². The molecular formula is C26H26N4O2S. The van der Waals surface area contributed by atoms with E-state index in [0.717, 1.165) is 16.7 Å². The Kier molecular flexibility index (Phi) is 5.11. The lowest BCUT2D eigenvalue weighted by molar-refractivity contribution is 0.132. The summed E-state index contributed by atoms with van der Waals surface area (Å²) in [4.78, 5) is 0.306. The highest BCUT2D eigenvalue weighted by atomic mass is 32.2. The van der Waals surface area contributed by atoms with Gasteiger partial charge >= 0.3 is 0 Å². The molecule has 5 rings (SSSR count). The lowest BCUT2D eigenvalue weighted by atomic mass is 9.78. The van der Waals surface area contributed by atoms with Gasteiger partial charge in [0, 0.05) is 0 Å². The number of hydrogen-bond acceptors (Lipinski definition) is 4. The molecule has 4 aromatic rings. The van der Waals surface area contributed by atoms with Gasteiger partial charge < -0.3 is 4.74 Å². The summed E-state index contributed by atoms with van der Waals surface area (Å²) in [5.41, 5.74) is 1.05. The topological polar surface area (TPSA) is 82.5 Å². The van der Waals surface area contributed by atoms with Gasteiger partial charge in [-0.05, 0) is 30.5 Å². The minimum absolute atomic E-state index is 0.306. The lowest BCUT2D eigenvalue weighted by Crippen LogP contribution is -2.31. The number of benzene rings is 3. The number of rotatable bonds is 5. The average Bonchev–Trinajstić information content (AvgIpc) is 3.34.